The number of hydrogen-bond acceptors (Lipinski definition) is 2. The Labute approximate surface area is 155 Å². The lowest BCUT2D eigenvalue weighted by Gasteiger charge is -2.55. The highest BCUT2D eigenvalue weighted by Crippen LogP contribution is 2.60. The van der Waals surface area contributed by atoms with E-state index in [1.165, 1.54) is 25.3 Å². The van der Waals surface area contributed by atoms with Crippen LogP contribution in [0.4, 0.5) is 4.39 Å². The van der Waals surface area contributed by atoms with E-state index in [0.29, 0.717) is 5.78 Å². The van der Waals surface area contributed by atoms with Gasteiger partial charge in [-0.1, -0.05) is 0 Å². The van der Waals surface area contributed by atoms with Gasteiger partial charge in [-0.3, -0.25) is 4.79 Å². The molecular weight excluding hydrogens is 325 g/mol. The van der Waals surface area contributed by atoms with Crippen LogP contribution < -0.4 is 5.32 Å². The van der Waals surface area contributed by atoms with Gasteiger partial charge in [-0.15, -0.1) is 0 Å². The second kappa shape index (κ2) is 5.43. The van der Waals surface area contributed by atoms with Crippen LogP contribution in [0.25, 0.3) is 5.70 Å². The third-order valence-corrected chi connectivity index (χ3v) is 7.30. The average Bonchev–Trinajstić information content (AvgIpc) is 2.51. The van der Waals surface area contributed by atoms with Crippen LogP contribution in [0, 0.1) is 29.0 Å². The van der Waals surface area contributed by atoms with Gasteiger partial charge in [0.1, 0.15) is 5.82 Å². The number of carbonyl (C=O) groups excluding carboxylic acids is 1. The first-order valence-corrected chi connectivity index (χ1v) is 10.2. The van der Waals surface area contributed by atoms with Gasteiger partial charge in [-0.25, -0.2) is 4.39 Å². The van der Waals surface area contributed by atoms with E-state index >= 15 is 0 Å². The summed E-state index contributed by atoms with van der Waals surface area (Å²) < 4.78 is 13.7. The fourth-order valence-corrected chi connectivity index (χ4v) is 6.73. The summed E-state index contributed by atoms with van der Waals surface area (Å²) in [6.07, 6.45) is 9.92. The lowest BCUT2D eigenvalue weighted by Crippen LogP contribution is -2.50. The van der Waals surface area contributed by atoms with Crippen LogP contribution in [0.2, 0.25) is 0 Å². The quantitative estimate of drug-likeness (QED) is 0.768. The van der Waals surface area contributed by atoms with Crippen molar-refractivity contribution in [1.82, 2.24) is 5.32 Å². The van der Waals surface area contributed by atoms with Crippen LogP contribution in [-0.4, -0.2) is 11.3 Å². The predicted octanol–water partition coefficient (Wildman–Crippen LogP) is 4.88. The number of carbonyl (C=O) groups is 1. The highest BCUT2D eigenvalue weighted by molar-refractivity contribution is 6.01. The molecule has 0 unspecified atom stereocenters. The molecule has 0 amide bonds. The minimum Gasteiger partial charge on any atom is -0.379 e. The first-order valence-electron chi connectivity index (χ1n) is 10.2. The minimum absolute atomic E-state index is 0.120. The average molecular weight is 353 g/mol. The van der Waals surface area contributed by atoms with Crippen molar-refractivity contribution in [2.45, 2.75) is 64.3 Å². The standard InChI is InChI=1S/C23H28FNO/c1-22(2)13-17-8-18(24)3-4-19(17)20(25-22)9-21(26)23-10-14-5-15(11-23)7-16(6-14)12-23/h3-4,8-9,14-16,25H,5-7,10-13H2,1-2H3/b20-9-. The SMILES string of the molecule is CC1(C)Cc2cc(F)ccc2/C(=C/C(=O)C23CC4CC(CC(C4)C2)C3)N1. The summed E-state index contributed by atoms with van der Waals surface area (Å²) in [5.74, 6) is 2.41. The molecule has 4 aliphatic carbocycles. The number of nitrogens with one attached hydrogen (secondary N) is 1. The lowest BCUT2D eigenvalue weighted by molar-refractivity contribution is -0.138. The fourth-order valence-electron chi connectivity index (χ4n) is 6.73. The molecule has 4 bridgehead atoms. The summed E-state index contributed by atoms with van der Waals surface area (Å²) in [4.78, 5) is 13.5. The van der Waals surface area contributed by atoms with Crippen molar-refractivity contribution >= 4 is 11.5 Å². The van der Waals surface area contributed by atoms with Crippen molar-refractivity contribution in [3.63, 3.8) is 0 Å². The highest BCUT2D eigenvalue weighted by Gasteiger charge is 2.53. The van der Waals surface area contributed by atoms with E-state index in [1.807, 2.05) is 12.1 Å². The van der Waals surface area contributed by atoms with Gasteiger partial charge in [0.05, 0.1) is 0 Å². The molecule has 0 spiro atoms. The third kappa shape index (κ3) is 2.62. The van der Waals surface area contributed by atoms with E-state index < -0.39 is 0 Å². The zero-order chi connectivity index (χ0) is 18.1. The fraction of sp³-hybridized carbons (Fsp3) is 0.609. The second-order valence-corrected chi connectivity index (χ2v) is 10.1. The first kappa shape index (κ1) is 16.5. The lowest BCUT2D eigenvalue weighted by atomic mass is 9.48. The minimum atomic E-state index is -0.201. The molecule has 6 rings (SSSR count). The van der Waals surface area contributed by atoms with Crippen molar-refractivity contribution in [3.05, 3.63) is 41.2 Å². The molecule has 1 heterocycles. The van der Waals surface area contributed by atoms with E-state index in [1.54, 1.807) is 6.07 Å². The van der Waals surface area contributed by atoms with Gasteiger partial charge >= 0.3 is 0 Å². The zero-order valence-corrected chi connectivity index (χ0v) is 15.8. The van der Waals surface area contributed by atoms with Crippen molar-refractivity contribution in [1.29, 1.82) is 0 Å². The number of hydrogen-bond donors (Lipinski definition) is 1. The van der Waals surface area contributed by atoms with E-state index in [-0.39, 0.29) is 16.8 Å². The van der Waals surface area contributed by atoms with Crippen LogP contribution in [-0.2, 0) is 11.2 Å². The van der Waals surface area contributed by atoms with Gasteiger partial charge in [-0.2, -0.15) is 0 Å². The molecule has 1 N–H and O–H groups in total. The molecule has 26 heavy (non-hydrogen) atoms. The molecule has 4 saturated carbocycles. The van der Waals surface area contributed by atoms with E-state index in [4.69, 9.17) is 0 Å². The maximum absolute atomic E-state index is 13.7. The monoisotopic (exact) mass is 353 g/mol. The van der Waals surface area contributed by atoms with Crippen LogP contribution in [0.1, 0.15) is 63.5 Å². The topological polar surface area (TPSA) is 29.1 Å². The van der Waals surface area contributed by atoms with Gasteiger partial charge in [0.2, 0.25) is 0 Å². The Morgan fingerprint density at radius 2 is 1.73 bits per heavy atom. The van der Waals surface area contributed by atoms with E-state index in [2.05, 4.69) is 19.2 Å². The summed E-state index contributed by atoms with van der Waals surface area (Å²) in [6, 6.07) is 4.95. The molecule has 0 atom stereocenters. The van der Waals surface area contributed by atoms with E-state index in [9.17, 15) is 9.18 Å². The zero-order valence-electron chi connectivity index (χ0n) is 15.8. The Balaban J connectivity index is 1.51. The summed E-state index contributed by atoms with van der Waals surface area (Å²) in [5, 5.41) is 3.55. The number of rotatable bonds is 2. The summed E-state index contributed by atoms with van der Waals surface area (Å²) in [5.41, 5.74) is 2.58. The smallest absolute Gasteiger partial charge is 0.163 e. The number of ketones is 1. The van der Waals surface area contributed by atoms with Crippen molar-refractivity contribution in [2.75, 3.05) is 0 Å². The van der Waals surface area contributed by atoms with Gasteiger partial charge in [-0.05, 0) is 100 Å². The van der Waals surface area contributed by atoms with Gasteiger partial charge in [0.15, 0.2) is 5.78 Å². The Bertz CT molecular complexity index is 771. The second-order valence-electron chi connectivity index (χ2n) is 10.1. The van der Waals surface area contributed by atoms with Crippen LogP contribution in [0.3, 0.4) is 0 Å². The molecule has 1 aromatic rings. The number of fused-ring (bicyclic) bond motifs is 1. The normalized spacial score (nSPS) is 38.1. The third-order valence-electron chi connectivity index (χ3n) is 7.30. The first-order chi connectivity index (χ1) is 12.3. The van der Waals surface area contributed by atoms with Gasteiger partial charge < -0.3 is 5.32 Å². The van der Waals surface area contributed by atoms with Crippen molar-refractivity contribution in [2.24, 2.45) is 23.2 Å². The molecule has 2 nitrogen and oxygen atoms in total. The number of benzene rings is 1. The van der Waals surface area contributed by atoms with Crippen LogP contribution in [0.15, 0.2) is 24.3 Å². The molecule has 0 radical (unpaired) electrons. The maximum Gasteiger partial charge on any atom is 0.163 e. The maximum atomic E-state index is 13.7. The molecular formula is C23H28FNO. The summed E-state index contributed by atoms with van der Waals surface area (Å²) in [6.45, 7) is 4.23. The molecule has 1 aromatic carbocycles. The van der Waals surface area contributed by atoms with E-state index in [0.717, 1.165) is 60.3 Å². The molecule has 0 aromatic heterocycles. The van der Waals surface area contributed by atoms with Crippen molar-refractivity contribution in [3.8, 4) is 0 Å². The molecule has 3 heteroatoms. The molecule has 0 saturated heterocycles. The molecule has 138 valence electrons. The molecule has 1 aliphatic heterocycles. The van der Waals surface area contributed by atoms with Gasteiger partial charge in [0.25, 0.3) is 0 Å². The Morgan fingerprint density at radius 1 is 1.12 bits per heavy atom. The predicted molar refractivity (Wildman–Crippen MR) is 101 cm³/mol. The van der Waals surface area contributed by atoms with Crippen molar-refractivity contribution < 1.29 is 9.18 Å². The summed E-state index contributed by atoms with van der Waals surface area (Å²) >= 11 is 0. The van der Waals surface area contributed by atoms with Gasteiger partial charge in [0, 0.05) is 28.3 Å². The highest BCUT2D eigenvalue weighted by atomic mass is 19.1. The van der Waals surface area contributed by atoms with Crippen LogP contribution >= 0.6 is 0 Å². The Kier molecular flexibility index (Phi) is 3.45. The number of halogens is 1. The molecule has 5 aliphatic rings. The summed E-state index contributed by atoms with van der Waals surface area (Å²) in [7, 11) is 0. The Hall–Kier alpha value is -1.64. The van der Waals surface area contributed by atoms with Crippen LogP contribution in [0.5, 0.6) is 0 Å². The largest absolute Gasteiger partial charge is 0.379 e. The Morgan fingerprint density at radius 3 is 2.35 bits per heavy atom. The number of allylic oxidation sites excluding steroid dienone is 1. The molecule has 4 fully saturated rings.